The van der Waals surface area contributed by atoms with E-state index >= 15 is 0 Å². The lowest BCUT2D eigenvalue weighted by Crippen LogP contribution is -2.12. The van der Waals surface area contributed by atoms with Gasteiger partial charge in [0.25, 0.3) is 0 Å². The van der Waals surface area contributed by atoms with Gasteiger partial charge in [-0.15, -0.1) is 0 Å². The molecule has 0 heterocycles. The Hall–Kier alpha value is -1.03. The van der Waals surface area contributed by atoms with Gasteiger partial charge in [-0.25, -0.2) is 9.24 Å². The maximum atomic E-state index is 11.7. The van der Waals surface area contributed by atoms with E-state index in [4.69, 9.17) is 23.2 Å². The number of nitrogens with zero attached hydrogens (tertiary/aromatic N) is 1. The topological polar surface area (TPSA) is 60.8 Å². The maximum Gasteiger partial charge on any atom is 0.434 e. The lowest BCUT2D eigenvalue weighted by molar-refractivity contribution is 0.373. The quantitative estimate of drug-likeness (QED) is 0.832. The van der Waals surface area contributed by atoms with Crippen LogP contribution in [0.25, 0.3) is 0 Å². The van der Waals surface area contributed by atoms with Gasteiger partial charge in [0.15, 0.2) is 0 Å². The minimum absolute atomic E-state index is 0.347. The zero-order chi connectivity index (χ0) is 14.0. The van der Waals surface area contributed by atoms with Gasteiger partial charge in [0.2, 0.25) is 0 Å². The van der Waals surface area contributed by atoms with Crippen LogP contribution in [0.1, 0.15) is 0 Å². The smallest absolute Gasteiger partial charge is 0.308 e. The first-order valence-electron chi connectivity index (χ1n) is 5.25. The Labute approximate surface area is 120 Å². The van der Waals surface area contributed by atoms with Crippen LogP contribution in [-0.4, -0.2) is 9.79 Å². The van der Waals surface area contributed by atoms with Crippen molar-refractivity contribution in [1.29, 1.82) is 0 Å². The number of benzene rings is 2. The molecule has 0 fully saturated rings. The van der Waals surface area contributed by atoms with Crippen molar-refractivity contribution in [3.05, 3.63) is 58.6 Å². The molecule has 0 aromatic heterocycles. The van der Waals surface area contributed by atoms with Gasteiger partial charge in [0.05, 0.1) is 11.4 Å². The predicted octanol–water partition coefficient (Wildman–Crippen LogP) is 4.22. The monoisotopic (exact) mass is 317 g/mol. The summed E-state index contributed by atoms with van der Waals surface area (Å²) in [6.45, 7) is 0. The van der Waals surface area contributed by atoms with Crippen LogP contribution in [0.5, 0.6) is 0 Å². The largest absolute Gasteiger partial charge is 0.434 e. The van der Waals surface area contributed by atoms with E-state index < -0.39 is 7.75 Å². The minimum Gasteiger partial charge on any atom is -0.308 e. The molecule has 0 radical (unpaired) electrons. The Morgan fingerprint density at radius 1 is 0.789 bits per heavy atom. The van der Waals surface area contributed by atoms with Crippen molar-refractivity contribution in [2.45, 2.75) is 0 Å². The first kappa shape index (κ1) is 14.4. The first-order chi connectivity index (χ1) is 8.88. The molecule has 0 saturated carbocycles. The molecular weight excluding hydrogens is 308 g/mol. The molecule has 0 atom stereocenters. The molecule has 0 aliphatic heterocycles. The van der Waals surface area contributed by atoms with Crippen molar-refractivity contribution in [3.63, 3.8) is 0 Å². The number of rotatable bonds is 3. The first-order valence-corrected chi connectivity index (χ1v) is 7.57. The molecule has 0 saturated heterocycles. The van der Waals surface area contributed by atoms with E-state index in [-0.39, 0.29) is 0 Å². The normalized spacial score (nSPS) is 11.4. The molecule has 0 bridgehead atoms. The zero-order valence-corrected chi connectivity index (χ0v) is 12.0. The summed E-state index contributed by atoms with van der Waals surface area (Å²) in [5.74, 6) is 0. The minimum atomic E-state index is -4.50. The van der Waals surface area contributed by atoms with E-state index in [2.05, 4.69) is 0 Å². The van der Waals surface area contributed by atoms with Gasteiger partial charge < -0.3 is 9.79 Å². The van der Waals surface area contributed by atoms with Crippen LogP contribution in [0.4, 0.5) is 11.4 Å². The number of hydrogen-bond acceptors (Lipinski definition) is 1. The molecule has 100 valence electrons. The summed E-state index contributed by atoms with van der Waals surface area (Å²) in [5.41, 5.74) is 0.695. The molecule has 0 amide bonds. The third kappa shape index (κ3) is 3.50. The van der Waals surface area contributed by atoms with Crippen molar-refractivity contribution >= 4 is 42.3 Å². The van der Waals surface area contributed by atoms with Crippen LogP contribution in [-0.2, 0) is 4.57 Å². The highest BCUT2D eigenvalue weighted by molar-refractivity contribution is 7.54. The average molecular weight is 318 g/mol. The second-order valence-electron chi connectivity index (χ2n) is 3.78. The second kappa shape index (κ2) is 5.53. The molecule has 2 aromatic rings. The van der Waals surface area contributed by atoms with Crippen molar-refractivity contribution in [3.8, 4) is 0 Å². The van der Waals surface area contributed by atoms with Gasteiger partial charge in [-0.2, -0.15) is 0 Å². The molecule has 2 rings (SSSR count). The van der Waals surface area contributed by atoms with Crippen molar-refractivity contribution in [1.82, 2.24) is 0 Å². The lowest BCUT2D eigenvalue weighted by Gasteiger charge is -2.25. The fraction of sp³-hybridized carbons (Fsp3) is 0. The van der Waals surface area contributed by atoms with Crippen LogP contribution < -0.4 is 4.67 Å². The SMILES string of the molecule is O=P(O)(O)N(c1ccc(Cl)cc1)c1ccc(Cl)cc1. The van der Waals surface area contributed by atoms with Crippen molar-refractivity contribution in [2.24, 2.45) is 0 Å². The predicted molar refractivity (Wildman–Crippen MR) is 77.1 cm³/mol. The summed E-state index contributed by atoms with van der Waals surface area (Å²) >= 11 is 11.5. The second-order valence-corrected chi connectivity index (χ2v) is 6.08. The molecule has 7 heteroatoms. The summed E-state index contributed by atoms with van der Waals surface area (Å²) in [4.78, 5) is 19.0. The molecule has 2 N–H and O–H groups in total. The Morgan fingerprint density at radius 3 is 1.37 bits per heavy atom. The Kier molecular flexibility index (Phi) is 4.19. The maximum absolute atomic E-state index is 11.7. The van der Waals surface area contributed by atoms with E-state index in [0.29, 0.717) is 21.4 Å². The zero-order valence-electron chi connectivity index (χ0n) is 9.57. The molecule has 0 aliphatic carbocycles. The van der Waals surface area contributed by atoms with Crippen LogP contribution in [0.3, 0.4) is 0 Å². The van der Waals surface area contributed by atoms with E-state index in [1.165, 1.54) is 24.3 Å². The van der Waals surface area contributed by atoms with Crippen LogP contribution in [0.2, 0.25) is 10.0 Å². The van der Waals surface area contributed by atoms with Crippen molar-refractivity contribution < 1.29 is 14.4 Å². The fourth-order valence-electron chi connectivity index (χ4n) is 1.61. The van der Waals surface area contributed by atoms with Crippen molar-refractivity contribution in [2.75, 3.05) is 4.67 Å². The van der Waals surface area contributed by atoms with Gasteiger partial charge >= 0.3 is 7.75 Å². The van der Waals surface area contributed by atoms with E-state index in [1.54, 1.807) is 24.3 Å². The van der Waals surface area contributed by atoms with E-state index in [9.17, 15) is 14.4 Å². The summed E-state index contributed by atoms with van der Waals surface area (Å²) in [7, 11) is -4.50. The fourth-order valence-corrected chi connectivity index (χ4v) is 2.73. The van der Waals surface area contributed by atoms with Gasteiger partial charge in [0.1, 0.15) is 0 Å². The Morgan fingerprint density at radius 2 is 1.11 bits per heavy atom. The van der Waals surface area contributed by atoms with Gasteiger partial charge in [-0.3, -0.25) is 0 Å². The van der Waals surface area contributed by atoms with Gasteiger partial charge in [-0.1, -0.05) is 23.2 Å². The molecule has 4 nitrogen and oxygen atoms in total. The van der Waals surface area contributed by atoms with Crippen LogP contribution >= 0.6 is 30.9 Å². The highest BCUT2D eigenvalue weighted by Crippen LogP contribution is 2.49. The van der Waals surface area contributed by atoms with Gasteiger partial charge in [-0.05, 0) is 48.5 Å². The summed E-state index contributed by atoms with van der Waals surface area (Å²) in [6, 6.07) is 12.4. The highest BCUT2D eigenvalue weighted by Gasteiger charge is 2.27. The molecule has 2 aromatic carbocycles. The summed E-state index contributed by atoms with van der Waals surface area (Å²) < 4.78 is 12.6. The standard InChI is InChI=1S/C12H10Cl2NO3P/c13-9-1-5-11(6-2-9)15(19(16,17)18)12-7-3-10(14)4-8-12/h1-8H,(H2,16,17,18). The van der Waals surface area contributed by atoms with E-state index in [1.807, 2.05) is 0 Å². The number of halogens is 2. The molecule has 0 aliphatic rings. The summed E-state index contributed by atoms with van der Waals surface area (Å²) in [5, 5.41) is 0.982. The Bertz CT molecular complexity index is 564. The van der Waals surface area contributed by atoms with E-state index in [0.717, 1.165) is 4.67 Å². The number of anilines is 2. The average Bonchev–Trinajstić information content (AvgIpc) is 2.33. The van der Waals surface area contributed by atoms with Crippen LogP contribution in [0.15, 0.2) is 48.5 Å². The molecule has 0 unspecified atom stereocenters. The third-order valence-electron chi connectivity index (χ3n) is 2.40. The lowest BCUT2D eigenvalue weighted by atomic mass is 10.2. The van der Waals surface area contributed by atoms with Crippen LogP contribution in [0, 0.1) is 0 Å². The Balaban J connectivity index is 2.51. The highest BCUT2D eigenvalue weighted by atomic mass is 35.5. The number of hydrogen-bond donors (Lipinski definition) is 2. The van der Waals surface area contributed by atoms with Gasteiger partial charge in [0, 0.05) is 10.0 Å². The molecule has 0 spiro atoms. The molecular formula is C12H10Cl2NO3P. The summed E-state index contributed by atoms with van der Waals surface area (Å²) in [6.07, 6.45) is 0. The molecule has 19 heavy (non-hydrogen) atoms. The third-order valence-corrected chi connectivity index (χ3v) is 3.89.